The first-order chi connectivity index (χ1) is 6.50. The van der Waals surface area contributed by atoms with Crippen molar-refractivity contribution in [2.45, 2.75) is 51.3 Å². The zero-order valence-electron chi connectivity index (χ0n) is 8.73. The fraction of sp³-hybridized carbons (Fsp3) is 0.900. The third-order valence-electron chi connectivity index (χ3n) is 2.52. The van der Waals surface area contributed by atoms with Crippen molar-refractivity contribution < 1.29 is 15.0 Å². The summed E-state index contributed by atoms with van der Waals surface area (Å²) in [4.78, 5) is 10.9. The highest BCUT2D eigenvalue weighted by Crippen LogP contribution is 2.33. The van der Waals surface area contributed by atoms with Gasteiger partial charge in [-0.3, -0.25) is 4.79 Å². The summed E-state index contributed by atoms with van der Waals surface area (Å²) in [5, 5.41) is 21.1. The fourth-order valence-corrected chi connectivity index (χ4v) is 1.72. The largest absolute Gasteiger partial charge is 0.480 e. The Morgan fingerprint density at radius 2 is 2.07 bits per heavy atom. The molecular weight excluding hydrogens is 182 g/mol. The highest BCUT2D eigenvalue weighted by Gasteiger charge is 2.36. The third kappa shape index (κ3) is 3.64. The molecular formula is C10H19NO3. The number of carboxylic acid groups (broad SMARTS) is 1. The van der Waals surface area contributed by atoms with Crippen molar-refractivity contribution in [2.24, 2.45) is 5.92 Å². The van der Waals surface area contributed by atoms with E-state index in [1.807, 2.05) is 6.92 Å². The minimum absolute atomic E-state index is 0.0525. The van der Waals surface area contributed by atoms with Crippen molar-refractivity contribution in [2.75, 3.05) is 0 Å². The Labute approximate surface area is 84.3 Å². The molecule has 1 aliphatic carbocycles. The van der Waals surface area contributed by atoms with Crippen molar-refractivity contribution >= 4 is 5.97 Å². The van der Waals surface area contributed by atoms with Gasteiger partial charge in [-0.2, -0.15) is 0 Å². The summed E-state index contributed by atoms with van der Waals surface area (Å²) in [6.45, 7) is 3.62. The summed E-state index contributed by atoms with van der Waals surface area (Å²) in [5.41, 5.74) is 0. The van der Waals surface area contributed by atoms with Crippen LogP contribution in [-0.4, -0.2) is 34.4 Å². The Balaban J connectivity index is 2.34. The molecule has 4 heteroatoms. The van der Waals surface area contributed by atoms with Crippen LogP contribution in [0.4, 0.5) is 0 Å². The SMILES string of the molecule is CC(O)CC(C)NC(C(=O)O)C1CC1. The van der Waals surface area contributed by atoms with E-state index in [4.69, 9.17) is 10.2 Å². The zero-order valence-corrected chi connectivity index (χ0v) is 8.73. The highest BCUT2D eigenvalue weighted by atomic mass is 16.4. The molecule has 4 nitrogen and oxygen atoms in total. The van der Waals surface area contributed by atoms with E-state index in [0.29, 0.717) is 12.3 Å². The van der Waals surface area contributed by atoms with Gasteiger partial charge in [0.05, 0.1) is 6.10 Å². The lowest BCUT2D eigenvalue weighted by atomic mass is 10.1. The first-order valence-corrected chi connectivity index (χ1v) is 5.17. The number of hydrogen-bond acceptors (Lipinski definition) is 3. The average Bonchev–Trinajstić information content (AvgIpc) is 2.80. The number of aliphatic carboxylic acids is 1. The first kappa shape index (κ1) is 11.5. The second-order valence-electron chi connectivity index (χ2n) is 4.31. The van der Waals surface area contributed by atoms with Crippen molar-refractivity contribution in [1.82, 2.24) is 5.32 Å². The maximum absolute atomic E-state index is 10.9. The molecule has 0 aromatic heterocycles. The molecule has 0 aromatic rings. The summed E-state index contributed by atoms with van der Waals surface area (Å²) >= 11 is 0. The summed E-state index contributed by atoms with van der Waals surface area (Å²) in [7, 11) is 0. The zero-order chi connectivity index (χ0) is 10.7. The van der Waals surface area contributed by atoms with Gasteiger partial charge in [0.2, 0.25) is 0 Å². The normalized spacial score (nSPS) is 22.8. The smallest absolute Gasteiger partial charge is 0.320 e. The molecule has 1 saturated carbocycles. The molecule has 0 aromatic carbocycles. The molecule has 0 aliphatic heterocycles. The standard InChI is InChI=1S/C10H19NO3/c1-6(5-7(2)12)11-9(10(13)14)8-3-4-8/h6-9,11-12H,3-5H2,1-2H3,(H,13,14). The molecule has 0 saturated heterocycles. The van der Waals surface area contributed by atoms with Crippen LogP contribution < -0.4 is 5.32 Å². The number of hydrogen-bond donors (Lipinski definition) is 3. The quantitative estimate of drug-likeness (QED) is 0.588. The van der Waals surface area contributed by atoms with E-state index in [1.54, 1.807) is 6.92 Å². The van der Waals surface area contributed by atoms with Gasteiger partial charge in [-0.1, -0.05) is 0 Å². The molecule has 14 heavy (non-hydrogen) atoms. The van der Waals surface area contributed by atoms with Crippen molar-refractivity contribution in [3.05, 3.63) is 0 Å². The maximum atomic E-state index is 10.9. The summed E-state index contributed by atoms with van der Waals surface area (Å²) in [6, 6.07) is -0.375. The molecule has 82 valence electrons. The van der Waals surface area contributed by atoms with Gasteiger partial charge in [0.1, 0.15) is 6.04 Å². The number of aliphatic hydroxyl groups is 1. The Morgan fingerprint density at radius 1 is 1.50 bits per heavy atom. The van der Waals surface area contributed by atoms with E-state index in [9.17, 15) is 4.79 Å². The molecule has 1 fully saturated rings. The Kier molecular flexibility index (Phi) is 3.89. The number of nitrogens with one attached hydrogen (secondary N) is 1. The average molecular weight is 201 g/mol. The minimum atomic E-state index is -0.773. The van der Waals surface area contributed by atoms with Crippen LogP contribution >= 0.6 is 0 Å². The van der Waals surface area contributed by atoms with Crippen LogP contribution in [0.3, 0.4) is 0 Å². The van der Waals surface area contributed by atoms with Crippen molar-refractivity contribution in [3.63, 3.8) is 0 Å². The molecule has 3 N–H and O–H groups in total. The van der Waals surface area contributed by atoms with Gasteiger partial charge < -0.3 is 15.5 Å². The monoisotopic (exact) mass is 201 g/mol. The van der Waals surface area contributed by atoms with E-state index < -0.39 is 12.0 Å². The second kappa shape index (κ2) is 4.75. The summed E-state index contributed by atoms with van der Waals surface area (Å²) in [5.74, 6) is -0.478. The topological polar surface area (TPSA) is 69.6 Å². The van der Waals surface area contributed by atoms with Gasteiger partial charge in [-0.25, -0.2) is 0 Å². The number of carboxylic acids is 1. The van der Waals surface area contributed by atoms with Gasteiger partial charge >= 0.3 is 5.97 Å². The molecule has 0 radical (unpaired) electrons. The number of carbonyl (C=O) groups is 1. The van der Waals surface area contributed by atoms with Crippen LogP contribution in [0.15, 0.2) is 0 Å². The highest BCUT2D eigenvalue weighted by molar-refractivity contribution is 5.74. The van der Waals surface area contributed by atoms with Gasteiger partial charge in [0.25, 0.3) is 0 Å². The lowest BCUT2D eigenvalue weighted by Gasteiger charge is -2.20. The van der Waals surface area contributed by atoms with Crippen LogP contribution in [0.5, 0.6) is 0 Å². The van der Waals surface area contributed by atoms with Crippen LogP contribution in [0, 0.1) is 5.92 Å². The minimum Gasteiger partial charge on any atom is -0.480 e. The lowest BCUT2D eigenvalue weighted by Crippen LogP contribution is -2.44. The van der Waals surface area contributed by atoms with Gasteiger partial charge in [-0.05, 0) is 39.0 Å². The van der Waals surface area contributed by atoms with Crippen LogP contribution in [0.1, 0.15) is 33.1 Å². The summed E-state index contributed by atoms with van der Waals surface area (Å²) < 4.78 is 0. The fourth-order valence-electron chi connectivity index (χ4n) is 1.72. The summed E-state index contributed by atoms with van der Waals surface area (Å²) in [6.07, 6.45) is 2.22. The van der Waals surface area contributed by atoms with E-state index >= 15 is 0 Å². The van der Waals surface area contributed by atoms with E-state index in [1.165, 1.54) is 0 Å². The van der Waals surface area contributed by atoms with Crippen LogP contribution in [-0.2, 0) is 4.79 Å². The molecule has 3 atom stereocenters. The van der Waals surface area contributed by atoms with Gasteiger partial charge in [0.15, 0.2) is 0 Å². The molecule has 1 aliphatic rings. The molecule has 0 amide bonds. The molecule has 0 bridgehead atoms. The second-order valence-corrected chi connectivity index (χ2v) is 4.31. The lowest BCUT2D eigenvalue weighted by molar-refractivity contribution is -0.140. The van der Waals surface area contributed by atoms with E-state index in [-0.39, 0.29) is 12.1 Å². The molecule has 3 unspecified atom stereocenters. The third-order valence-corrected chi connectivity index (χ3v) is 2.52. The van der Waals surface area contributed by atoms with Crippen LogP contribution in [0.2, 0.25) is 0 Å². The Hall–Kier alpha value is -0.610. The predicted molar refractivity (Wildman–Crippen MR) is 53.0 cm³/mol. The van der Waals surface area contributed by atoms with Gasteiger partial charge in [0, 0.05) is 6.04 Å². The van der Waals surface area contributed by atoms with Crippen molar-refractivity contribution in [1.29, 1.82) is 0 Å². The molecule has 0 heterocycles. The van der Waals surface area contributed by atoms with Gasteiger partial charge in [-0.15, -0.1) is 0 Å². The molecule has 1 rings (SSSR count). The Bertz CT molecular complexity index is 202. The predicted octanol–water partition coefficient (Wildman–Crippen LogP) is 0.599. The first-order valence-electron chi connectivity index (χ1n) is 5.17. The molecule has 0 spiro atoms. The number of rotatable bonds is 6. The van der Waals surface area contributed by atoms with Crippen molar-refractivity contribution in [3.8, 4) is 0 Å². The van der Waals surface area contributed by atoms with E-state index in [0.717, 1.165) is 12.8 Å². The van der Waals surface area contributed by atoms with E-state index in [2.05, 4.69) is 5.32 Å². The number of aliphatic hydroxyl groups excluding tert-OH is 1. The van der Waals surface area contributed by atoms with Crippen LogP contribution in [0.25, 0.3) is 0 Å². The Morgan fingerprint density at radius 3 is 2.43 bits per heavy atom. The maximum Gasteiger partial charge on any atom is 0.320 e.